The molecule has 1 atom stereocenters. The number of rotatable bonds is 10. The predicted octanol–water partition coefficient (Wildman–Crippen LogP) is 6.01. The number of hydrogen-bond donors (Lipinski definition) is 1. The molecule has 38 heavy (non-hydrogen) atoms. The highest BCUT2D eigenvalue weighted by Crippen LogP contribution is 2.41. The lowest BCUT2D eigenvalue weighted by Gasteiger charge is -2.24. The third-order valence-corrected chi connectivity index (χ3v) is 6.60. The highest BCUT2D eigenvalue weighted by atomic mass is 32.2. The number of methoxy groups -OCH3 is 2. The highest BCUT2D eigenvalue weighted by molar-refractivity contribution is 7.80. The molecule has 0 aliphatic carbocycles. The summed E-state index contributed by atoms with van der Waals surface area (Å²) in [5.74, 6) is 0.118. The molecule has 1 heterocycles. The van der Waals surface area contributed by atoms with Crippen LogP contribution in [-0.2, 0) is 22.4 Å². The van der Waals surface area contributed by atoms with Gasteiger partial charge in [0.2, 0.25) is 0 Å². The Morgan fingerprint density at radius 3 is 2.34 bits per heavy atom. The Kier molecular flexibility index (Phi) is 8.33. The number of fused-ring (bicyclic) bond motifs is 1. The van der Waals surface area contributed by atoms with Crippen LogP contribution < -0.4 is 13.8 Å². The van der Waals surface area contributed by atoms with Crippen LogP contribution in [0.2, 0.25) is 0 Å². The predicted molar refractivity (Wildman–Crippen MR) is 144 cm³/mol. The standard InChI is InChI=1S/C28H28FNO7S/c1-17(2)36-25-15-22-24(37-27(26(22)28(31)35-4)19-7-9-20(29)10-8-19)16-23(25)30(38(32)33)14-13-18-5-11-21(34-3)12-6-18/h5-12,15-17H,13-14H2,1-4H3,(H,32,33). The summed E-state index contributed by atoms with van der Waals surface area (Å²) >= 11 is -2.40. The monoisotopic (exact) mass is 541 g/mol. The van der Waals surface area contributed by atoms with E-state index in [4.69, 9.17) is 18.6 Å². The van der Waals surface area contributed by atoms with Crippen LogP contribution in [0.1, 0.15) is 29.8 Å². The van der Waals surface area contributed by atoms with Gasteiger partial charge in [0, 0.05) is 23.6 Å². The van der Waals surface area contributed by atoms with Crippen LogP contribution in [-0.4, -0.2) is 41.6 Å². The molecule has 8 nitrogen and oxygen atoms in total. The molecule has 0 spiro atoms. The van der Waals surface area contributed by atoms with Crippen LogP contribution >= 0.6 is 0 Å². The number of hydrogen-bond acceptors (Lipinski definition) is 6. The zero-order chi connectivity index (χ0) is 27.4. The number of halogens is 1. The summed E-state index contributed by atoms with van der Waals surface area (Å²) in [6, 6.07) is 16.1. The number of carbonyl (C=O) groups is 1. The summed E-state index contributed by atoms with van der Waals surface area (Å²) in [7, 11) is 2.84. The first-order chi connectivity index (χ1) is 18.2. The number of benzene rings is 3. The van der Waals surface area contributed by atoms with E-state index < -0.39 is 23.1 Å². The minimum Gasteiger partial charge on any atom is -0.497 e. The average molecular weight is 542 g/mol. The fraction of sp³-hybridized carbons (Fsp3) is 0.250. The van der Waals surface area contributed by atoms with Gasteiger partial charge in [-0.15, -0.1) is 0 Å². The molecule has 1 aromatic heterocycles. The van der Waals surface area contributed by atoms with Gasteiger partial charge in [-0.1, -0.05) is 12.1 Å². The first kappa shape index (κ1) is 27.2. The van der Waals surface area contributed by atoms with E-state index in [2.05, 4.69) is 0 Å². The lowest BCUT2D eigenvalue weighted by molar-refractivity contribution is 0.0603. The molecule has 200 valence electrons. The molecule has 0 radical (unpaired) electrons. The van der Waals surface area contributed by atoms with Gasteiger partial charge in [0.25, 0.3) is 11.3 Å². The molecule has 1 unspecified atom stereocenters. The van der Waals surface area contributed by atoms with E-state index in [0.29, 0.717) is 34.6 Å². The van der Waals surface area contributed by atoms with E-state index in [0.717, 1.165) is 5.56 Å². The summed E-state index contributed by atoms with van der Waals surface area (Å²) in [6.45, 7) is 3.84. The van der Waals surface area contributed by atoms with Crippen molar-refractivity contribution in [3.63, 3.8) is 0 Å². The van der Waals surface area contributed by atoms with Crippen molar-refractivity contribution in [2.24, 2.45) is 0 Å². The Bertz CT molecular complexity index is 1450. The van der Waals surface area contributed by atoms with Crippen LogP contribution in [0.3, 0.4) is 0 Å². The van der Waals surface area contributed by atoms with Gasteiger partial charge in [-0.2, -0.15) is 0 Å². The van der Waals surface area contributed by atoms with Crippen LogP contribution in [0, 0.1) is 5.82 Å². The van der Waals surface area contributed by atoms with E-state index in [9.17, 15) is 17.9 Å². The Hall–Kier alpha value is -3.89. The quantitative estimate of drug-likeness (QED) is 0.194. The number of anilines is 1. The largest absolute Gasteiger partial charge is 0.497 e. The normalized spacial score (nSPS) is 12.0. The van der Waals surface area contributed by atoms with E-state index in [1.807, 2.05) is 38.1 Å². The van der Waals surface area contributed by atoms with Crippen LogP contribution in [0.25, 0.3) is 22.3 Å². The lowest BCUT2D eigenvalue weighted by Crippen LogP contribution is -2.28. The van der Waals surface area contributed by atoms with Crippen molar-refractivity contribution < 1.29 is 36.6 Å². The van der Waals surface area contributed by atoms with Crippen molar-refractivity contribution >= 4 is 33.9 Å². The molecular formula is C28H28FNO7S. The van der Waals surface area contributed by atoms with Gasteiger partial charge >= 0.3 is 5.97 Å². The molecule has 0 fully saturated rings. The number of esters is 1. The Morgan fingerprint density at radius 2 is 1.76 bits per heavy atom. The van der Waals surface area contributed by atoms with Gasteiger partial charge in [0.1, 0.15) is 34.2 Å². The molecular weight excluding hydrogens is 513 g/mol. The van der Waals surface area contributed by atoms with Gasteiger partial charge in [-0.3, -0.25) is 8.86 Å². The smallest absolute Gasteiger partial charge is 0.342 e. The highest BCUT2D eigenvalue weighted by Gasteiger charge is 2.27. The fourth-order valence-electron chi connectivity index (χ4n) is 4.07. The Labute approximate surface area is 222 Å². The van der Waals surface area contributed by atoms with Crippen molar-refractivity contribution in [3.8, 4) is 22.8 Å². The SMILES string of the molecule is COC(=O)c1c(-c2ccc(F)cc2)oc2cc(N(CCc3ccc(OC)cc3)S(=O)O)c(OC(C)C)cc12. The van der Waals surface area contributed by atoms with Crippen LogP contribution in [0.4, 0.5) is 10.1 Å². The van der Waals surface area contributed by atoms with E-state index in [1.54, 1.807) is 19.2 Å². The molecule has 0 bridgehead atoms. The van der Waals surface area contributed by atoms with Gasteiger partial charge in [-0.25, -0.2) is 13.4 Å². The number of carbonyl (C=O) groups excluding carboxylic acids is 1. The van der Waals surface area contributed by atoms with Crippen LogP contribution in [0.5, 0.6) is 11.5 Å². The van der Waals surface area contributed by atoms with E-state index in [-0.39, 0.29) is 29.6 Å². The maximum absolute atomic E-state index is 13.6. The van der Waals surface area contributed by atoms with Crippen molar-refractivity contribution in [2.75, 3.05) is 25.1 Å². The molecule has 4 aromatic rings. The van der Waals surface area contributed by atoms with Crippen molar-refractivity contribution in [1.82, 2.24) is 0 Å². The second-order valence-electron chi connectivity index (χ2n) is 8.72. The third-order valence-electron chi connectivity index (χ3n) is 5.85. The number of furan rings is 1. The number of nitrogens with zero attached hydrogens (tertiary/aromatic N) is 1. The first-order valence-corrected chi connectivity index (χ1v) is 12.9. The summed E-state index contributed by atoms with van der Waals surface area (Å²) in [5, 5.41) is 0.398. The molecule has 0 aliphatic heterocycles. The summed E-state index contributed by atoms with van der Waals surface area (Å²) in [5.41, 5.74) is 2.15. The average Bonchev–Trinajstić information content (AvgIpc) is 3.26. The first-order valence-electron chi connectivity index (χ1n) is 11.8. The van der Waals surface area contributed by atoms with Gasteiger partial charge in [0.05, 0.1) is 26.0 Å². The fourth-order valence-corrected chi connectivity index (χ4v) is 4.63. The van der Waals surface area contributed by atoms with E-state index >= 15 is 0 Å². The minimum atomic E-state index is -2.40. The van der Waals surface area contributed by atoms with Crippen molar-refractivity contribution in [2.45, 2.75) is 26.4 Å². The Morgan fingerprint density at radius 1 is 1.08 bits per heavy atom. The zero-order valence-electron chi connectivity index (χ0n) is 21.4. The van der Waals surface area contributed by atoms with Gasteiger partial charge in [-0.05, 0) is 68.3 Å². The minimum absolute atomic E-state index is 0.143. The summed E-state index contributed by atoms with van der Waals surface area (Å²) in [4.78, 5) is 12.8. The lowest BCUT2D eigenvalue weighted by atomic mass is 10.0. The molecule has 0 aliphatic rings. The second-order valence-corrected chi connectivity index (χ2v) is 9.62. The molecule has 4 rings (SSSR count). The molecule has 3 aromatic carbocycles. The molecule has 10 heteroatoms. The Balaban J connectivity index is 1.83. The maximum atomic E-state index is 13.6. The summed E-state index contributed by atoms with van der Waals surface area (Å²) < 4.78 is 59.9. The summed E-state index contributed by atoms with van der Waals surface area (Å²) in [6.07, 6.45) is 0.189. The second kappa shape index (κ2) is 11.7. The molecule has 0 saturated carbocycles. The van der Waals surface area contributed by atoms with Crippen molar-refractivity contribution in [1.29, 1.82) is 0 Å². The van der Waals surface area contributed by atoms with E-state index in [1.165, 1.54) is 35.7 Å². The molecule has 0 saturated heterocycles. The van der Waals surface area contributed by atoms with Crippen LogP contribution in [0.15, 0.2) is 65.1 Å². The molecule has 0 amide bonds. The van der Waals surface area contributed by atoms with Gasteiger partial charge in [0.15, 0.2) is 0 Å². The maximum Gasteiger partial charge on any atom is 0.342 e. The zero-order valence-corrected chi connectivity index (χ0v) is 22.2. The van der Waals surface area contributed by atoms with Gasteiger partial charge < -0.3 is 18.6 Å². The molecule has 1 N–H and O–H groups in total. The topological polar surface area (TPSA) is 98.4 Å². The third kappa shape index (κ3) is 5.81. The van der Waals surface area contributed by atoms with Crippen molar-refractivity contribution in [3.05, 3.63) is 77.6 Å². The number of ether oxygens (including phenoxy) is 3.